The van der Waals surface area contributed by atoms with Crippen LogP contribution in [0.5, 0.6) is 0 Å². The largest absolute Gasteiger partial charge is 0.452 e. The predicted octanol–water partition coefficient (Wildman–Crippen LogP) is 1.67. The zero-order valence-corrected chi connectivity index (χ0v) is 14.4. The lowest BCUT2D eigenvalue weighted by molar-refractivity contribution is -0.133. The number of hydrogen-bond donors (Lipinski definition) is 0. The maximum absolute atomic E-state index is 12.0. The minimum Gasteiger partial charge on any atom is -0.452 e. The molecular formula is C16H21NO5S. The third-order valence-corrected chi connectivity index (χ3v) is 4.13. The highest BCUT2D eigenvalue weighted by Crippen LogP contribution is 2.12. The first-order chi connectivity index (χ1) is 10.6. The molecule has 6 nitrogen and oxygen atoms in total. The quantitative estimate of drug-likeness (QED) is 0.557. The number of hydrogen-bond acceptors (Lipinski definition) is 5. The summed E-state index contributed by atoms with van der Waals surface area (Å²) in [5.41, 5.74) is 0.913. The van der Waals surface area contributed by atoms with Crippen LogP contribution in [-0.4, -0.2) is 51.1 Å². The summed E-state index contributed by atoms with van der Waals surface area (Å²) in [6.45, 7) is 7.84. The molecule has 126 valence electrons. The monoisotopic (exact) mass is 339 g/mol. The molecule has 0 N–H and O–H groups in total. The fraction of sp³-hybridized carbons (Fsp3) is 0.375. The number of amides is 1. The molecule has 0 saturated carbocycles. The van der Waals surface area contributed by atoms with Crippen molar-refractivity contribution in [2.24, 2.45) is 0 Å². The summed E-state index contributed by atoms with van der Waals surface area (Å²) in [5, 5.41) is 0. The molecule has 0 aliphatic rings. The van der Waals surface area contributed by atoms with Crippen LogP contribution in [0.1, 0.15) is 24.2 Å². The minimum absolute atomic E-state index is 0.0238. The van der Waals surface area contributed by atoms with E-state index in [1.165, 1.54) is 29.2 Å². The van der Waals surface area contributed by atoms with E-state index < -0.39 is 22.4 Å². The lowest BCUT2D eigenvalue weighted by atomic mass is 10.2. The Morgan fingerprint density at radius 2 is 1.96 bits per heavy atom. The molecule has 1 aromatic carbocycles. The van der Waals surface area contributed by atoms with E-state index in [0.717, 1.165) is 11.8 Å². The predicted molar refractivity (Wildman–Crippen MR) is 86.9 cm³/mol. The SMILES string of the molecule is C=C(C)CN(CC)C(=O)COC(=O)c1cccc(S(C)(=O)=O)c1. The Balaban J connectivity index is 2.74. The van der Waals surface area contributed by atoms with Gasteiger partial charge in [0.1, 0.15) is 0 Å². The van der Waals surface area contributed by atoms with E-state index in [1.54, 1.807) is 6.92 Å². The van der Waals surface area contributed by atoms with Gasteiger partial charge in [-0.05, 0) is 32.0 Å². The van der Waals surface area contributed by atoms with E-state index >= 15 is 0 Å². The molecule has 0 unspecified atom stereocenters. The van der Waals surface area contributed by atoms with Crippen molar-refractivity contribution < 1.29 is 22.7 Å². The summed E-state index contributed by atoms with van der Waals surface area (Å²) in [6, 6.07) is 5.51. The van der Waals surface area contributed by atoms with Crippen LogP contribution in [0.15, 0.2) is 41.3 Å². The highest BCUT2D eigenvalue weighted by atomic mass is 32.2. The number of benzene rings is 1. The topological polar surface area (TPSA) is 80.8 Å². The van der Waals surface area contributed by atoms with Gasteiger partial charge in [-0.2, -0.15) is 0 Å². The van der Waals surface area contributed by atoms with Crippen molar-refractivity contribution in [1.29, 1.82) is 0 Å². The van der Waals surface area contributed by atoms with Gasteiger partial charge in [-0.25, -0.2) is 13.2 Å². The summed E-state index contributed by atoms with van der Waals surface area (Å²) in [4.78, 5) is 25.5. The number of ether oxygens (including phenoxy) is 1. The van der Waals surface area contributed by atoms with Gasteiger partial charge in [-0.1, -0.05) is 18.2 Å². The standard InChI is InChI=1S/C16H21NO5S/c1-5-17(10-12(2)3)15(18)11-22-16(19)13-7-6-8-14(9-13)23(4,20)21/h6-9H,2,5,10-11H2,1,3-4H3. The molecule has 0 bridgehead atoms. The van der Waals surface area contributed by atoms with E-state index in [9.17, 15) is 18.0 Å². The van der Waals surface area contributed by atoms with Crippen molar-refractivity contribution >= 4 is 21.7 Å². The second kappa shape index (κ2) is 7.92. The molecule has 0 heterocycles. The van der Waals surface area contributed by atoms with Gasteiger partial charge in [0, 0.05) is 19.3 Å². The van der Waals surface area contributed by atoms with E-state index in [-0.39, 0.29) is 16.4 Å². The smallest absolute Gasteiger partial charge is 0.338 e. The Morgan fingerprint density at radius 3 is 2.48 bits per heavy atom. The fourth-order valence-corrected chi connectivity index (χ4v) is 2.52. The zero-order valence-electron chi connectivity index (χ0n) is 13.5. The summed E-state index contributed by atoms with van der Waals surface area (Å²) < 4.78 is 27.9. The molecule has 0 fully saturated rings. The van der Waals surface area contributed by atoms with Gasteiger partial charge in [0.25, 0.3) is 5.91 Å². The van der Waals surface area contributed by atoms with Gasteiger partial charge in [0.2, 0.25) is 0 Å². The second-order valence-electron chi connectivity index (χ2n) is 5.24. The molecule has 0 radical (unpaired) electrons. The molecule has 0 saturated heterocycles. The Labute approximate surface area is 136 Å². The molecule has 1 amide bonds. The molecule has 1 aromatic rings. The zero-order chi connectivity index (χ0) is 17.6. The third-order valence-electron chi connectivity index (χ3n) is 3.02. The maximum atomic E-state index is 12.0. The number of likely N-dealkylation sites (N-methyl/N-ethyl adjacent to an activating group) is 1. The highest BCUT2D eigenvalue weighted by Gasteiger charge is 2.16. The van der Waals surface area contributed by atoms with Crippen LogP contribution in [0.4, 0.5) is 0 Å². The highest BCUT2D eigenvalue weighted by molar-refractivity contribution is 7.90. The number of nitrogens with zero attached hydrogens (tertiary/aromatic N) is 1. The van der Waals surface area contributed by atoms with E-state index in [2.05, 4.69) is 6.58 Å². The first-order valence-electron chi connectivity index (χ1n) is 7.04. The lowest BCUT2D eigenvalue weighted by Crippen LogP contribution is -2.35. The maximum Gasteiger partial charge on any atom is 0.338 e. The Hall–Kier alpha value is -2.15. The molecule has 0 aliphatic carbocycles. The van der Waals surface area contributed by atoms with Crippen molar-refractivity contribution in [2.75, 3.05) is 26.0 Å². The molecule has 1 rings (SSSR count). The average Bonchev–Trinajstić information content (AvgIpc) is 2.49. The van der Waals surface area contributed by atoms with Crippen molar-refractivity contribution in [2.45, 2.75) is 18.7 Å². The first-order valence-corrected chi connectivity index (χ1v) is 8.93. The van der Waals surface area contributed by atoms with Crippen LogP contribution in [0.25, 0.3) is 0 Å². The van der Waals surface area contributed by atoms with Crippen molar-refractivity contribution in [1.82, 2.24) is 4.90 Å². The molecule has 0 aliphatic heterocycles. The fourth-order valence-electron chi connectivity index (χ4n) is 1.86. The van der Waals surface area contributed by atoms with Gasteiger partial charge in [-0.15, -0.1) is 0 Å². The summed E-state index contributed by atoms with van der Waals surface area (Å²) >= 11 is 0. The molecule has 0 spiro atoms. The number of rotatable bonds is 7. The summed E-state index contributed by atoms with van der Waals surface area (Å²) in [5.74, 6) is -1.07. The lowest BCUT2D eigenvalue weighted by Gasteiger charge is -2.20. The summed E-state index contributed by atoms with van der Waals surface area (Å²) in [6.07, 6.45) is 1.05. The number of sulfone groups is 1. The summed E-state index contributed by atoms with van der Waals surface area (Å²) in [7, 11) is -3.41. The Bertz CT molecular complexity index is 709. The van der Waals surface area contributed by atoms with Crippen LogP contribution in [-0.2, 0) is 19.4 Å². The number of esters is 1. The van der Waals surface area contributed by atoms with E-state index in [0.29, 0.717) is 13.1 Å². The van der Waals surface area contributed by atoms with Crippen LogP contribution >= 0.6 is 0 Å². The van der Waals surface area contributed by atoms with Gasteiger partial charge in [0.15, 0.2) is 16.4 Å². The molecule has 0 atom stereocenters. The normalized spacial score (nSPS) is 10.9. The van der Waals surface area contributed by atoms with Crippen LogP contribution in [0.3, 0.4) is 0 Å². The van der Waals surface area contributed by atoms with Crippen molar-refractivity contribution in [3.8, 4) is 0 Å². The van der Waals surface area contributed by atoms with E-state index in [4.69, 9.17) is 4.74 Å². The molecule has 0 aromatic heterocycles. The number of carbonyl (C=O) groups excluding carboxylic acids is 2. The molecular weight excluding hydrogens is 318 g/mol. The van der Waals surface area contributed by atoms with Crippen molar-refractivity contribution in [3.63, 3.8) is 0 Å². The van der Waals surface area contributed by atoms with Crippen molar-refractivity contribution in [3.05, 3.63) is 42.0 Å². The molecule has 7 heteroatoms. The molecule has 23 heavy (non-hydrogen) atoms. The van der Waals surface area contributed by atoms with Crippen LogP contribution < -0.4 is 0 Å². The first kappa shape index (κ1) is 18.9. The van der Waals surface area contributed by atoms with Crippen LogP contribution in [0.2, 0.25) is 0 Å². The van der Waals surface area contributed by atoms with Gasteiger partial charge < -0.3 is 9.64 Å². The third kappa shape index (κ3) is 5.86. The second-order valence-corrected chi connectivity index (χ2v) is 7.26. The Kier molecular flexibility index (Phi) is 6.50. The number of carbonyl (C=O) groups is 2. The minimum atomic E-state index is -3.41. The van der Waals surface area contributed by atoms with Gasteiger partial charge >= 0.3 is 5.97 Å². The Morgan fingerprint density at radius 1 is 1.30 bits per heavy atom. The van der Waals surface area contributed by atoms with Gasteiger partial charge in [0.05, 0.1) is 10.5 Å². The van der Waals surface area contributed by atoms with E-state index in [1.807, 2.05) is 6.92 Å². The average molecular weight is 339 g/mol. The van der Waals surface area contributed by atoms with Crippen LogP contribution in [0, 0.1) is 0 Å². The van der Waals surface area contributed by atoms with Gasteiger partial charge in [-0.3, -0.25) is 4.79 Å².